The van der Waals surface area contributed by atoms with E-state index in [0.29, 0.717) is 12.1 Å². The van der Waals surface area contributed by atoms with Gasteiger partial charge in [-0.05, 0) is 45.4 Å². The number of carboxylic acid groups (broad SMARTS) is 1. The van der Waals surface area contributed by atoms with Crippen molar-refractivity contribution in [3.05, 3.63) is 23.8 Å². The zero-order chi connectivity index (χ0) is 16.2. The van der Waals surface area contributed by atoms with Crippen LogP contribution in [-0.4, -0.2) is 31.6 Å². The van der Waals surface area contributed by atoms with Gasteiger partial charge < -0.3 is 10.4 Å². The molecule has 1 aromatic rings. The summed E-state index contributed by atoms with van der Waals surface area (Å²) >= 11 is 0. The second kappa shape index (κ2) is 6.91. The van der Waals surface area contributed by atoms with Crippen molar-refractivity contribution in [2.45, 2.75) is 51.1 Å². The standard InChI is InChI=1S/C14H22N2O4S/c1-5-10(4)16-21(19,20)11-6-7-13(15-9(2)3)12(8-11)14(17)18/h6-10,15-16H,5H2,1-4H3,(H,17,18). The molecule has 3 N–H and O–H groups in total. The van der Waals surface area contributed by atoms with E-state index in [1.54, 1.807) is 6.92 Å². The average Bonchev–Trinajstić information content (AvgIpc) is 2.37. The maximum Gasteiger partial charge on any atom is 0.337 e. The van der Waals surface area contributed by atoms with Crippen LogP contribution in [0.2, 0.25) is 0 Å². The molecule has 0 heterocycles. The van der Waals surface area contributed by atoms with E-state index in [1.165, 1.54) is 18.2 Å². The molecule has 0 aliphatic rings. The molecule has 0 amide bonds. The van der Waals surface area contributed by atoms with Crippen molar-refractivity contribution in [2.24, 2.45) is 0 Å². The summed E-state index contributed by atoms with van der Waals surface area (Å²) in [4.78, 5) is 11.3. The first kappa shape index (κ1) is 17.5. The lowest BCUT2D eigenvalue weighted by molar-refractivity contribution is 0.0697. The number of anilines is 1. The number of rotatable bonds is 7. The molecule has 21 heavy (non-hydrogen) atoms. The minimum atomic E-state index is -3.71. The molecular formula is C14H22N2O4S. The van der Waals surface area contributed by atoms with E-state index in [-0.39, 0.29) is 22.5 Å². The number of carbonyl (C=O) groups is 1. The van der Waals surface area contributed by atoms with Crippen LogP contribution in [0.3, 0.4) is 0 Å². The first-order valence-electron chi connectivity index (χ1n) is 6.83. The van der Waals surface area contributed by atoms with Crippen LogP contribution >= 0.6 is 0 Å². The highest BCUT2D eigenvalue weighted by Gasteiger charge is 2.20. The lowest BCUT2D eigenvalue weighted by Gasteiger charge is -2.16. The molecule has 1 aromatic carbocycles. The third-order valence-corrected chi connectivity index (χ3v) is 4.53. The smallest absolute Gasteiger partial charge is 0.337 e. The summed E-state index contributed by atoms with van der Waals surface area (Å²) in [5.74, 6) is -1.17. The van der Waals surface area contributed by atoms with Gasteiger partial charge in [-0.15, -0.1) is 0 Å². The van der Waals surface area contributed by atoms with Crippen molar-refractivity contribution >= 4 is 21.7 Å². The van der Waals surface area contributed by atoms with E-state index in [0.717, 1.165) is 0 Å². The molecular weight excluding hydrogens is 292 g/mol. The Morgan fingerprint density at radius 1 is 1.29 bits per heavy atom. The molecule has 0 radical (unpaired) electrons. The summed E-state index contributed by atoms with van der Waals surface area (Å²) in [6.07, 6.45) is 0.651. The fourth-order valence-electron chi connectivity index (χ4n) is 1.72. The van der Waals surface area contributed by atoms with Gasteiger partial charge >= 0.3 is 5.97 Å². The molecule has 1 unspecified atom stereocenters. The van der Waals surface area contributed by atoms with Crippen molar-refractivity contribution in [1.29, 1.82) is 0 Å². The molecule has 6 nitrogen and oxygen atoms in total. The minimum absolute atomic E-state index is 0.0452. The first-order chi connectivity index (χ1) is 9.67. The van der Waals surface area contributed by atoms with E-state index in [2.05, 4.69) is 10.0 Å². The Morgan fingerprint density at radius 2 is 1.90 bits per heavy atom. The van der Waals surface area contributed by atoms with Gasteiger partial charge in [0.25, 0.3) is 0 Å². The summed E-state index contributed by atoms with van der Waals surface area (Å²) in [6, 6.07) is 3.90. The summed E-state index contributed by atoms with van der Waals surface area (Å²) < 4.78 is 26.9. The van der Waals surface area contributed by atoms with Crippen molar-refractivity contribution in [2.75, 3.05) is 5.32 Å². The Hall–Kier alpha value is -1.60. The highest BCUT2D eigenvalue weighted by molar-refractivity contribution is 7.89. The number of aromatic carboxylic acids is 1. The van der Waals surface area contributed by atoms with E-state index in [1.807, 2.05) is 20.8 Å². The summed E-state index contributed by atoms with van der Waals surface area (Å²) in [5, 5.41) is 12.2. The number of sulfonamides is 1. The van der Waals surface area contributed by atoms with Crippen LogP contribution in [0.1, 0.15) is 44.5 Å². The van der Waals surface area contributed by atoms with Crippen molar-refractivity contribution < 1.29 is 18.3 Å². The van der Waals surface area contributed by atoms with Gasteiger partial charge in [-0.2, -0.15) is 0 Å². The number of benzene rings is 1. The van der Waals surface area contributed by atoms with Crippen LogP contribution < -0.4 is 10.0 Å². The van der Waals surface area contributed by atoms with Crippen LogP contribution in [0.15, 0.2) is 23.1 Å². The Labute approximate surface area is 125 Å². The zero-order valence-corrected chi connectivity index (χ0v) is 13.5. The van der Waals surface area contributed by atoms with Crippen LogP contribution in [0.25, 0.3) is 0 Å². The minimum Gasteiger partial charge on any atom is -0.478 e. The largest absolute Gasteiger partial charge is 0.478 e. The lowest BCUT2D eigenvalue weighted by atomic mass is 10.1. The van der Waals surface area contributed by atoms with Gasteiger partial charge in [-0.25, -0.2) is 17.9 Å². The number of carboxylic acids is 1. The zero-order valence-electron chi connectivity index (χ0n) is 12.7. The SMILES string of the molecule is CCC(C)NS(=O)(=O)c1ccc(NC(C)C)c(C(=O)O)c1. The lowest BCUT2D eigenvalue weighted by Crippen LogP contribution is -2.32. The van der Waals surface area contributed by atoms with Gasteiger partial charge in [0.15, 0.2) is 0 Å². The van der Waals surface area contributed by atoms with E-state index < -0.39 is 16.0 Å². The van der Waals surface area contributed by atoms with Gasteiger partial charge in [0, 0.05) is 17.8 Å². The van der Waals surface area contributed by atoms with Crippen LogP contribution in [0, 0.1) is 0 Å². The Morgan fingerprint density at radius 3 is 2.38 bits per heavy atom. The maximum absolute atomic E-state index is 12.2. The van der Waals surface area contributed by atoms with Gasteiger partial charge in [0.05, 0.1) is 10.5 Å². The average molecular weight is 314 g/mol. The summed E-state index contributed by atoms with van der Waals surface area (Å²) in [5.41, 5.74) is 0.343. The van der Waals surface area contributed by atoms with Crippen LogP contribution in [0.5, 0.6) is 0 Å². The molecule has 1 rings (SSSR count). The fourth-order valence-corrected chi connectivity index (χ4v) is 3.07. The molecule has 0 aromatic heterocycles. The quantitative estimate of drug-likeness (QED) is 0.717. The first-order valence-corrected chi connectivity index (χ1v) is 8.32. The van der Waals surface area contributed by atoms with Crippen molar-refractivity contribution in [3.8, 4) is 0 Å². The molecule has 0 spiro atoms. The van der Waals surface area contributed by atoms with Gasteiger partial charge in [0.2, 0.25) is 10.0 Å². The molecule has 0 fully saturated rings. The third-order valence-electron chi connectivity index (χ3n) is 2.94. The highest BCUT2D eigenvalue weighted by atomic mass is 32.2. The van der Waals surface area contributed by atoms with Gasteiger partial charge in [-0.1, -0.05) is 6.92 Å². The van der Waals surface area contributed by atoms with Gasteiger partial charge in [-0.3, -0.25) is 0 Å². The van der Waals surface area contributed by atoms with E-state index in [4.69, 9.17) is 0 Å². The second-order valence-corrected chi connectivity index (χ2v) is 6.96. The van der Waals surface area contributed by atoms with E-state index in [9.17, 15) is 18.3 Å². The second-order valence-electron chi connectivity index (χ2n) is 5.24. The Balaban J connectivity index is 3.22. The third kappa shape index (κ3) is 4.71. The molecule has 118 valence electrons. The number of hydrogen-bond donors (Lipinski definition) is 3. The van der Waals surface area contributed by atoms with Crippen molar-refractivity contribution in [3.63, 3.8) is 0 Å². The number of hydrogen-bond acceptors (Lipinski definition) is 4. The van der Waals surface area contributed by atoms with Crippen LogP contribution in [0.4, 0.5) is 5.69 Å². The summed E-state index contributed by atoms with van der Waals surface area (Å²) in [7, 11) is -3.71. The molecule has 0 saturated carbocycles. The maximum atomic E-state index is 12.2. The highest BCUT2D eigenvalue weighted by Crippen LogP contribution is 2.21. The normalized spacial score (nSPS) is 13.2. The molecule has 0 saturated heterocycles. The molecule has 7 heteroatoms. The summed E-state index contributed by atoms with van der Waals surface area (Å²) in [6.45, 7) is 7.37. The van der Waals surface area contributed by atoms with Gasteiger partial charge in [0.1, 0.15) is 0 Å². The molecule has 0 aliphatic heterocycles. The monoisotopic (exact) mass is 314 g/mol. The number of nitrogens with one attached hydrogen (secondary N) is 2. The predicted molar refractivity (Wildman–Crippen MR) is 82.2 cm³/mol. The van der Waals surface area contributed by atoms with Crippen molar-refractivity contribution in [1.82, 2.24) is 4.72 Å². The predicted octanol–water partition coefficient (Wildman–Crippen LogP) is 2.28. The topological polar surface area (TPSA) is 95.5 Å². The Bertz CT molecular complexity index is 611. The van der Waals surface area contributed by atoms with Crippen LogP contribution in [-0.2, 0) is 10.0 Å². The molecule has 1 atom stereocenters. The molecule has 0 aliphatic carbocycles. The molecule has 0 bridgehead atoms. The fraction of sp³-hybridized carbons (Fsp3) is 0.500. The van der Waals surface area contributed by atoms with E-state index >= 15 is 0 Å². The Kier molecular flexibility index (Phi) is 5.74.